The molecule has 7 heteroatoms. The first-order valence-corrected chi connectivity index (χ1v) is 7.21. The molecule has 0 saturated carbocycles. The van der Waals surface area contributed by atoms with E-state index in [0.29, 0.717) is 23.6 Å². The smallest absolute Gasteiger partial charge is 0.337 e. The molecule has 0 aromatic carbocycles. The summed E-state index contributed by atoms with van der Waals surface area (Å²) in [6.07, 6.45) is 0.430. The van der Waals surface area contributed by atoms with E-state index in [-0.39, 0.29) is 29.0 Å². The molecule has 2 heterocycles. The van der Waals surface area contributed by atoms with E-state index in [1.54, 1.807) is 0 Å². The zero-order valence-electron chi connectivity index (χ0n) is 11.3. The number of nitrogens with zero attached hydrogens (tertiary/aromatic N) is 2. The fraction of sp³-hybridized carbons (Fsp3) is 0.462. The van der Waals surface area contributed by atoms with Gasteiger partial charge in [-0.2, -0.15) is 0 Å². The molecule has 108 valence electrons. The van der Waals surface area contributed by atoms with E-state index in [2.05, 4.69) is 4.98 Å². The molecule has 0 aliphatic rings. The molecule has 0 spiro atoms. The molecule has 2 aromatic rings. The van der Waals surface area contributed by atoms with Gasteiger partial charge in [0, 0.05) is 24.4 Å². The summed E-state index contributed by atoms with van der Waals surface area (Å²) in [5.74, 6) is -0.461. The van der Waals surface area contributed by atoms with Crippen LogP contribution < -0.4 is 5.56 Å². The summed E-state index contributed by atoms with van der Waals surface area (Å²) in [5, 5.41) is 19.7. The van der Waals surface area contributed by atoms with Gasteiger partial charge < -0.3 is 10.2 Å². The Morgan fingerprint density at radius 3 is 2.75 bits per heavy atom. The molecule has 0 aliphatic heterocycles. The van der Waals surface area contributed by atoms with Gasteiger partial charge >= 0.3 is 5.97 Å². The topological polar surface area (TPSA) is 92.4 Å². The molecule has 0 unspecified atom stereocenters. The monoisotopic (exact) mass is 296 g/mol. The molecule has 2 aromatic heterocycles. The van der Waals surface area contributed by atoms with E-state index < -0.39 is 5.97 Å². The maximum atomic E-state index is 12.5. The van der Waals surface area contributed by atoms with Crippen LogP contribution in [-0.2, 0) is 6.54 Å². The number of carboxylic acids is 1. The SMILES string of the molecule is CC(C)c1nc2scc(C(=O)O)c2c(=O)n1CCCO. The number of rotatable bonds is 5. The Kier molecular flexibility index (Phi) is 4.20. The molecule has 0 fully saturated rings. The number of carboxylic acid groups (broad SMARTS) is 1. The Hall–Kier alpha value is -1.73. The van der Waals surface area contributed by atoms with Crippen LogP contribution >= 0.6 is 11.3 Å². The molecule has 0 aliphatic carbocycles. The summed E-state index contributed by atoms with van der Waals surface area (Å²) >= 11 is 1.17. The molecule has 0 saturated heterocycles. The zero-order chi connectivity index (χ0) is 14.9. The number of carbonyl (C=O) groups is 1. The first-order chi connectivity index (χ1) is 9.47. The maximum Gasteiger partial charge on any atom is 0.337 e. The second-order valence-corrected chi connectivity index (χ2v) is 5.65. The predicted octanol–water partition coefficient (Wildman–Crippen LogP) is 1.66. The lowest BCUT2D eigenvalue weighted by Gasteiger charge is -2.14. The van der Waals surface area contributed by atoms with Crippen molar-refractivity contribution in [3.05, 3.63) is 27.1 Å². The van der Waals surface area contributed by atoms with Gasteiger partial charge in [-0.3, -0.25) is 9.36 Å². The number of hydrogen-bond acceptors (Lipinski definition) is 5. The van der Waals surface area contributed by atoms with Crippen LogP contribution in [0.4, 0.5) is 0 Å². The van der Waals surface area contributed by atoms with Gasteiger partial charge in [0.05, 0.1) is 10.9 Å². The van der Waals surface area contributed by atoms with Gasteiger partial charge in [-0.25, -0.2) is 9.78 Å². The summed E-state index contributed by atoms with van der Waals surface area (Å²) in [4.78, 5) is 28.6. The minimum atomic E-state index is -1.12. The lowest BCUT2D eigenvalue weighted by atomic mass is 10.1. The highest BCUT2D eigenvalue weighted by Crippen LogP contribution is 2.23. The average molecular weight is 296 g/mol. The van der Waals surface area contributed by atoms with Crippen LogP contribution in [0.1, 0.15) is 42.4 Å². The van der Waals surface area contributed by atoms with Crippen molar-refractivity contribution in [1.82, 2.24) is 9.55 Å². The Balaban J connectivity index is 2.75. The molecule has 0 amide bonds. The number of aliphatic hydroxyl groups excluding tert-OH is 1. The molecule has 0 bridgehead atoms. The third kappa shape index (κ3) is 2.46. The van der Waals surface area contributed by atoms with Crippen LogP contribution in [0.3, 0.4) is 0 Å². The number of aromatic carboxylic acids is 1. The first kappa shape index (κ1) is 14.7. The lowest BCUT2D eigenvalue weighted by molar-refractivity contribution is 0.0699. The van der Waals surface area contributed by atoms with Gasteiger partial charge in [-0.1, -0.05) is 13.8 Å². The normalized spacial score (nSPS) is 11.4. The van der Waals surface area contributed by atoms with Crippen LogP contribution in [0.5, 0.6) is 0 Å². The molecule has 0 radical (unpaired) electrons. The Morgan fingerprint density at radius 2 is 2.20 bits per heavy atom. The highest BCUT2D eigenvalue weighted by molar-refractivity contribution is 7.17. The van der Waals surface area contributed by atoms with Gasteiger partial charge in [-0.15, -0.1) is 11.3 Å². The third-order valence-electron chi connectivity index (χ3n) is 3.01. The van der Waals surface area contributed by atoms with Crippen molar-refractivity contribution < 1.29 is 15.0 Å². The summed E-state index contributed by atoms with van der Waals surface area (Å²) in [6.45, 7) is 4.15. The minimum absolute atomic E-state index is 0.00412. The quantitative estimate of drug-likeness (QED) is 0.875. The van der Waals surface area contributed by atoms with Crippen LogP contribution in [0.25, 0.3) is 10.2 Å². The maximum absolute atomic E-state index is 12.5. The van der Waals surface area contributed by atoms with Gasteiger partial charge in [0.1, 0.15) is 10.7 Å². The predicted molar refractivity (Wildman–Crippen MR) is 76.6 cm³/mol. The molecular weight excluding hydrogens is 280 g/mol. The van der Waals surface area contributed by atoms with E-state index >= 15 is 0 Å². The van der Waals surface area contributed by atoms with Gasteiger partial charge in [0.2, 0.25) is 0 Å². The van der Waals surface area contributed by atoms with Crippen molar-refractivity contribution in [3.8, 4) is 0 Å². The summed E-state index contributed by atoms with van der Waals surface area (Å²) in [6, 6.07) is 0. The molecule has 2 rings (SSSR count). The zero-order valence-corrected chi connectivity index (χ0v) is 12.1. The number of aromatic nitrogens is 2. The summed E-state index contributed by atoms with van der Waals surface area (Å²) < 4.78 is 1.47. The summed E-state index contributed by atoms with van der Waals surface area (Å²) in [5.41, 5.74) is -0.346. The molecule has 0 atom stereocenters. The van der Waals surface area contributed by atoms with Crippen molar-refractivity contribution in [1.29, 1.82) is 0 Å². The standard InChI is InChI=1S/C13H16N2O4S/c1-7(2)10-14-11-9(8(6-20-11)13(18)19)12(17)15(10)4-3-5-16/h6-7,16H,3-5H2,1-2H3,(H,18,19). The fourth-order valence-electron chi connectivity index (χ4n) is 2.08. The highest BCUT2D eigenvalue weighted by Gasteiger charge is 2.20. The van der Waals surface area contributed by atoms with Crippen molar-refractivity contribution >= 4 is 27.5 Å². The number of thiophene rings is 1. The van der Waals surface area contributed by atoms with Crippen LogP contribution in [0.2, 0.25) is 0 Å². The van der Waals surface area contributed by atoms with Gasteiger partial charge in [-0.05, 0) is 6.42 Å². The van der Waals surface area contributed by atoms with E-state index in [1.165, 1.54) is 21.3 Å². The number of hydrogen-bond donors (Lipinski definition) is 2. The molecule has 20 heavy (non-hydrogen) atoms. The summed E-state index contributed by atoms with van der Waals surface area (Å²) in [7, 11) is 0. The Bertz CT molecular complexity index is 702. The molecule has 2 N–H and O–H groups in total. The number of fused-ring (bicyclic) bond motifs is 1. The number of aliphatic hydroxyl groups is 1. The van der Waals surface area contributed by atoms with Crippen LogP contribution in [0.15, 0.2) is 10.2 Å². The second-order valence-electron chi connectivity index (χ2n) is 4.79. The second kappa shape index (κ2) is 5.72. The van der Waals surface area contributed by atoms with E-state index in [4.69, 9.17) is 10.2 Å². The van der Waals surface area contributed by atoms with Gasteiger partial charge in [0.15, 0.2) is 0 Å². The van der Waals surface area contributed by atoms with Crippen LogP contribution in [0, 0.1) is 0 Å². The highest BCUT2D eigenvalue weighted by atomic mass is 32.1. The lowest BCUT2D eigenvalue weighted by Crippen LogP contribution is -2.27. The van der Waals surface area contributed by atoms with Crippen LogP contribution in [-0.4, -0.2) is 32.3 Å². The fourth-order valence-corrected chi connectivity index (χ4v) is 2.99. The average Bonchev–Trinajstić information content (AvgIpc) is 2.81. The minimum Gasteiger partial charge on any atom is -0.478 e. The van der Waals surface area contributed by atoms with E-state index in [9.17, 15) is 9.59 Å². The van der Waals surface area contributed by atoms with E-state index in [0.717, 1.165) is 0 Å². The van der Waals surface area contributed by atoms with Crippen molar-refractivity contribution in [2.75, 3.05) is 6.61 Å². The molecule has 6 nitrogen and oxygen atoms in total. The Morgan fingerprint density at radius 1 is 1.50 bits per heavy atom. The van der Waals surface area contributed by atoms with E-state index in [1.807, 2.05) is 13.8 Å². The van der Waals surface area contributed by atoms with Gasteiger partial charge in [0.25, 0.3) is 5.56 Å². The Labute approximate surface area is 119 Å². The van der Waals surface area contributed by atoms with Crippen molar-refractivity contribution in [2.45, 2.75) is 32.7 Å². The molecular formula is C13H16N2O4S. The van der Waals surface area contributed by atoms with Crippen molar-refractivity contribution in [3.63, 3.8) is 0 Å². The first-order valence-electron chi connectivity index (χ1n) is 6.33. The largest absolute Gasteiger partial charge is 0.478 e. The van der Waals surface area contributed by atoms with Crippen molar-refractivity contribution in [2.24, 2.45) is 0 Å². The third-order valence-corrected chi connectivity index (χ3v) is 3.88.